The summed E-state index contributed by atoms with van der Waals surface area (Å²) >= 11 is 3.33. The standard InChI is InChI=1S/C15H14BrN3O4/c1-7(20)17-11-4-8-6-19(15(23)9(8)5-10(11)16)12-2-3-13(21)18-14(12)22/h4-5,12H,2-3,6H2,1H3,(H,17,20)(H,18,21,22). The molecule has 0 bridgehead atoms. The molecule has 23 heavy (non-hydrogen) atoms. The average molecular weight is 380 g/mol. The van der Waals surface area contributed by atoms with Crippen molar-refractivity contribution in [1.29, 1.82) is 0 Å². The Balaban J connectivity index is 1.88. The first-order valence-electron chi connectivity index (χ1n) is 7.11. The van der Waals surface area contributed by atoms with E-state index in [-0.39, 0.29) is 30.7 Å². The van der Waals surface area contributed by atoms with Gasteiger partial charge in [0, 0.05) is 29.9 Å². The zero-order valence-electron chi connectivity index (χ0n) is 12.3. The molecular weight excluding hydrogens is 366 g/mol. The predicted molar refractivity (Wildman–Crippen MR) is 84.5 cm³/mol. The van der Waals surface area contributed by atoms with Crippen molar-refractivity contribution in [3.63, 3.8) is 0 Å². The first-order valence-corrected chi connectivity index (χ1v) is 7.91. The molecule has 2 heterocycles. The number of benzene rings is 1. The number of rotatable bonds is 2. The van der Waals surface area contributed by atoms with Gasteiger partial charge in [0.1, 0.15) is 6.04 Å². The minimum Gasteiger partial charge on any atom is -0.325 e. The van der Waals surface area contributed by atoms with Crippen LogP contribution in [0.25, 0.3) is 0 Å². The highest BCUT2D eigenvalue weighted by Gasteiger charge is 2.39. The van der Waals surface area contributed by atoms with Gasteiger partial charge in [-0.15, -0.1) is 0 Å². The normalized spacial score (nSPS) is 20.3. The Morgan fingerprint density at radius 2 is 2.09 bits per heavy atom. The lowest BCUT2D eigenvalue weighted by Gasteiger charge is -2.29. The van der Waals surface area contributed by atoms with Gasteiger partial charge in [0.05, 0.1) is 5.69 Å². The lowest BCUT2D eigenvalue weighted by atomic mass is 10.0. The maximum absolute atomic E-state index is 12.6. The number of piperidine rings is 1. The van der Waals surface area contributed by atoms with Crippen LogP contribution in [0.2, 0.25) is 0 Å². The predicted octanol–water partition coefficient (Wildman–Crippen LogP) is 1.17. The number of fused-ring (bicyclic) bond motifs is 1. The van der Waals surface area contributed by atoms with Gasteiger partial charge in [0.2, 0.25) is 17.7 Å². The van der Waals surface area contributed by atoms with Gasteiger partial charge in [-0.05, 0) is 40.0 Å². The number of anilines is 1. The number of carbonyl (C=O) groups excluding carboxylic acids is 4. The molecule has 1 saturated heterocycles. The van der Waals surface area contributed by atoms with Crippen molar-refractivity contribution < 1.29 is 19.2 Å². The van der Waals surface area contributed by atoms with E-state index in [4.69, 9.17) is 0 Å². The van der Waals surface area contributed by atoms with Gasteiger partial charge in [0.25, 0.3) is 5.91 Å². The van der Waals surface area contributed by atoms with Crippen molar-refractivity contribution in [1.82, 2.24) is 10.2 Å². The summed E-state index contributed by atoms with van der Waals surface area (Å²) in [5, 5.41) is 4.95. The van der Waals surface area contributed by atoms with Crippen molar-refractivity contribution in [3.8, 4) is 0 Å². The molecule has 120 valence electrons. The van der Waals surface area contributed by atoms with E-state index >= 15 is 0 Å². The van der Waals surface area contributed by atoms with E-state index in [1.165, 1.54) is 11.8 Å². The molecule has 2 aliphatic rings. The van der Waals surface area contributed by atoms with E-state index in [0.717, 1.165) is 5.56 Å². The Labute approximate surface area is 140 Å². The molecule has 2 aliphatic heterocycles. The maximum atomic E-state index is 12.6. The summed E-state index contributed by atoms with van der Waals surface area (Å²) in [5.41, 5.74) is 1.82. The summed E-state index contributed by atoms with van der Waals surface area (Å²) in [5.74, 6) is -1.21. The van der Waals surface area contributed by atoms with Crippen LogP contribution >= 0.6 is 15.9 Å². The average Bonchev–Trinajstić information content (AvgIpc) is 2.76. The van der Waals surface area contributed by atoms with Gasteiger partial charge < -0.3 is 10.2 Å². The molecular formula is C15H14BrN3O4. The van der Waals surface area contributed by atoms with E-state index in [1.54, 1.807) is 12.1 Å². The number of hydrogen-bond donors (Lipinski definition) is 2. The van der Waals surface area contributed by atoms with E-state index < -0.39 is 11.9 Å². The zero-order chi connectivity index (χ0) is 16.7. The molecule has 4 amide bonds. The largest absolute Gasteiger partial charge is 0.325 e. The highest BCUT2D eigenvalue weighted by Crippen LogP contribution is 2.33. The van der Waals surface area contributed by atoms with Gasteiger partial charge in [-0.1, -0.05) is 0 Å². The van der Waals surface area contributed by atoms with Crippen molar-refractivity contribution >= 4 is 45.2 Å². The van der Waals surface area contributed by atoms with Crippen molar-refractivity contribution in [3.05, 3.63) is 27.7 Å². The number of halogens is 1. The number of amides is 4. The summed E-state index contributed by atoms with van der Waals surface area (Å²) in [7, 11) is 0. The number of imide groups is 1. The fourth-order valence-corrected chi connectivity index (χ4v) is 3.32. The van der Waals surface area contributed by atoms with Crippen LogP contribution in [-0.4, -0.2) is 34.6 Å². The third-order valence-corrected chi connectivity index (χ3v) is 4.58. The van der Waals surface area contributed by atoms with Crippen molar-refractivity contribution in [2.75, 3.05) is 5.32 Å². The molecule has 7 nitrogen and oxygen atoms in total. The first-order chi connectivity index (χ1) is 10.9. The molecule has 0 aliphatic carbocycles. The summed E-state index contributed by atoms with van der Waals surface area (Å²) in [6, 6.07) is 2.73. The van der Waals surface area contributed by atoms with Crippen LogP contribution in [0.3, 0.4) is 0 Å². The van der Waals surface area contributed by atoms with Crippen LogP contribution in [0.4, 0.5) is 5.69 Å². The highest BCUT2D eigenvalue weighted by molar-refractivity contribution is 9.10. The van der Waals surface area contributed by atoms with Crippen LogP contribution < -0.4 is 10.6 Å². The molecule has 1 unspecified atom stereocenters. The fourth-order valence-electron chi connectivity index (χ4n) is 2.87. The van der Waals surface area contributed by atoms with E-state index in [1.807, 2.05) is 0 Å². The molecule has 0 spiro atoms. The topological polar surface area (TPSA) is 95.6 Å². The van der Waals surface area contributed by atoms with Gasteiger partial charge in [-0.25, -0.2) is 0 Å². The van der Waals surface area contributed by atoms with Crippen molar-refractivity contribution in [2.24, 2.45) is 0 Å². The van der Waals surface area contributed by atoms with E-state index in [2.05, 4.69) is 26.6 Å². The summed E-state index contributed by atoms with van der Waals surface area (Å²) < 4.78 is 0.602. The minimum absolute atomic E-state index is 0.211. The smallest absolute Gasteiger partial charge is 0.255 e. The second-order valence-electron chi connectivity index (χ2n) is 5.57. The molecule has 1 aromatic rings. The second kappa shape index (κ2) is 5.77. The minimum atomic E-state index is -0.643. The zero-order valence-corrected chi connectivity index (χ0v) is 13.9. The van der Waals surface area contributed by atoms with Crippen LogP contribution in [0.15, 0.2) is 16.6 Å². The summed E-state index contributed by atoms with van der Waals surface area (Å²) in [6.07, 6.45) is 0.543. The Hall–Kier alpha value is -2.22. The Morgan fingerprint density at radius 1 is 1.35 bits per heavy atom. The lowest BCUT2D eigenvalue weighted by Crippen LogP contribution is -2.52. The molecule has 8 heteroatoms. The van der Waals surface area contributed by atoms with Crippen LogP contribution in [0.1, 0.15) is 35.7 Å². The molecule has 0 saturated carbocycles. The third kappa shape index (κ3) is 2.86. The van der Waals surface area contributed by atoms with Crippen LogP contribution in [0.5, 0.6) is 0 Å². The van der Waals surface area contributed by atoms with E-state index in [0.29, 0.717) is 22.1 Å². The molecule has 3 rings (SSSR count). The number of hydrogen-bond acceptors (Lipinski definition) is 4. The SMILES string of the molecule is CC(=O)Nc1cc2c(cc1Br)C(=O)N(C1CCC(=O)NC1=O)C2. The summed E-state index contributed by atoms with van der Waals surface area (Å²) in [6.45, 7) is 1.68. The second-order valence-corrected chi connectivity index (χ2v) is 6.42. The number of nitrogens with zero attached hydrogens (tertiary/aromatic N) is 1. The highest BCUT2D eigenvalue weighted by atomic mass is 79.9. The van der Waals surface area contributed by atoms with E-state index in [9.17, 15) is 19.2 Å². The number of carbonyl (C=O) groups is 4. The Kier molecular flexibility index (Phi) is 3.93. The fraction of sp³-hybridized carbons (Fsp3) is 0.333. The maximum Gasteiger partial charge on any atom is 0.255 e. The Morgan fingerprint density at radius 3 is 2.74 bits per heavy atom. The van der Waals surface area contributed by atoms with Gasteiger partial charge >= 0.3 is 0 Å². The summed E-state index contributed by atoms with van der Waals surface area (Å²) in [4.78, 5) is 48.5. The molecule has 2 N–H and O–H groups in total. The monoisotopic (exact) mass is 379 g/mol. The Bertz CT molecular complexity index is 746. The molecule has 0 radical (unpaired) electrons. The molecule has 0 aromatic heterocycles. The number of nitrogens with one attached hydrogen (secondary N) is 2. The molecule has 1 atom stereocenters. The van der Waals surface area contributed by atoms with Gasteiger partial charge in [-0.2, -0.15) is 0 Å². The van der Waals surface area contributed by atoms with Crippen LogP contribution in [0, 0.1) is 0 Å². The lowest BCUT2D eigenvalue weighted by molar-refractivity contribution is -0.136. The van der Waals surface area contributed by atoms with Gasteiger partial charge in [0.15, 0.2) is 0 Å². The quantitative estimate of drug-likeness (QED) is 0.753. The first kappa shape index (κ1) is 15.7. The van der Waals surface area contributed by atoms with Gasteiger partial charge in [-0.3, -0.25) is 24.5 Å². The molecule has 1 aromatic carbocycles. The van der Waals surface area contributed by atoms with Crippen LogP contribution in [-0.2, 0) is 20.9 Å². The third-order valence-electron chi connectivity index (χ3n) is 3.92. The van der Waals surface area contributed by atoms with Crippen molar-refractivity contribution in [2.45, 2.75) is 32.4 Å². The molecule has 1 fully saturated rings.